The standard InChI is InChI=1S/C16H30O4/c1-4-6-8-9-11-14(10-7-5-2)13-20-16(18)12-15(17)19-3/h14H,4-13H2,1-3H3. The van der Waals surface area contributed by atoms with E-state index in [4.69, 9.17) is 4.74 Å². The van der Waals surface area contributed by atoms with Crippen LogP contribution in [0.4, 0.5) is 0 Å². The van der Waals surface area contributed by atoms with Gasteiger partial charge in [0.05, 0.1) is 13.7 Å². The Morgan fingerprint density at radius 2 is 1.55 bits per heavy atom. The highest BCUT2D eigenvalue weighted by Gasteiger charge is 2.14. The SMILES string of the molecule is CCCCCCC(CCCC)COC(=O)CC(=O)OC. The Balaban J connectivity index is 3.94. The molecule has 0 aromatic rings. The van der Waals surface area contributed by atoms with Crippen molar-refractivity contribution in [2.24, 2.45) is 5.92 Å². The maximum absolute atomic E-state index is 11.4. The lowest BCUT2D eigenvalue weighted by Crippen LogP contribution is -2.17. The van der Waals surface area contributed by atoms with Crippen molar-refractivity contribution in [3.05, 3.63) is 0 Å². The average molecular weight is 286 g/mol. The van der Waals surface area contributed by atoms with Gasteiger partial charge in [0.15, 0.2) is 0 Å². The molecule has 1 atom stereocenters. The number of methoxy groups -OCH3 is 1. The minimum atomic E-state index is -0.539. The van der Waals surface area contributed by atoms with E-state index in [1.165, 1.54) is 32.8 Å². The highest BCUT2D eigenvalue weighted by atomic mass is 16.5. The van der Waals surface area contributed by atoms with Crippen molar-refractivity contribution >= 4 is 11.9 Å². The van der Waals surface area contributed by atoms with Crippen LogP contribution in [0.25, 0.3) is 0 Å². The van der Waals surface area contributed by atoms with Crippen molar-refractivity contribution in [3.8, 4) is 0 Å². The molecular formula is C16H30O4. The van der Waals surface area contributed by atoms with Gasteiger partial charge < -0.3 is 9.47 Å². The predicted molar refractivity (Wildman–Crippen MR) is 79.4 cm³/mol. The normalized spacial score (nSPS) is 11.9. The maximum Gasteiger partial charge on any atom is 0.317 e. The number of carbonyl (C=O) groups is 2. The molecular weight excluding hydrogens is 256 g/mol. The van der Waals surface area contributed by atoms with Crippen molar-refractivity contribution in [2.45, 2.75) is 71.6 Å². The number of hydrogen-bond acceptors (Lipinski definition) is 4. The second-order valence-corrected chi connectivity index (χ2v) is 5.29. The zero-order chi connectivity index (χ0) is 15.2. The van der Waals surface area contributed by atoms with Crippen LogP contribution in [-0.4, -0.2) is 25.7 Å². The van der Waals surface area contributed by atoms with Gasteiger partial charge in [-0.05, 0) is 18.8 Å². The molecule has 0 amide bonds. The Morgan fingerprint density at radius 3 is 2.15 bits per heavy atom. The molecule has 118 valence electrons. The summed E-state index contributed by atoms with van der Waals surface area (Å²) in [5.41, 5.74) is 0. The third kappa shape index (κ3) is 10.8. The molecule has 0 aliphatic rings. The number of ether oxygens (including phenoxy) is 2. The molecule has 0 aliphatic heterocycles. The fourth-order valence-electron chi connectivity index (χ4n) is 2.12. The van der Waals surface area contributed by atoms with Crippen LogP contribution in [0.2, 0.25) is 0 Å². The van der Waals surface area contributed by atoms with Gasteiger partial charge in [0, 0.05) is 0 Å². The van der Waals surface area contributed by atoms with Crippen molar-refractivity contribution < 1.29 is 19.1 Å². The molecule has 0 aromatic carbocycles. The minimum Gasteiger partial charge on any atom is -0.469 e. The van der Waals surface area contributed by atoms with Crippen LogP contribution in [0.15, 0.2) is 0 Å². The molecule has 0 saturated heterocycles. The summed E-state index contributed by atoms with van der Waals surface area (Å²) < 4.78 is 9.64. The highest BCUT2D eigenvalue weighted by molar-refractivity contribution is 5.91. The molecule has 0 N–H and O–H groups in total. The van der Waals surface area contributed by atoms with Gasteiger partial charge in [0.1, 0.15) is 6.42 Å². The van der Waals surface area contributed by atoms with E-state index in [1.54, 1.807) is 0 Å². The van der Waals surface area contributed by atoms with Crippen LogP contribution in [-0.2, 0) is 19.1 Å². The van der Waals surface area contributed by atoms with E-state index in [0.29, 0.717) is 12.5 Å². The fourth-order valence-corrected chi connectivity index (χ4v) is 2.12. The van der Waals surface area contributed by atoms with Crippen molar-refractivity contribution in [1.82, 2.24) is 0 Å². The van der Waals surface area contributed by atoms with Crippen LogP contribution in [0.1, 0.15) is 71.6 Å². The monoisotopic (exact) mass is 286 g/mol. The lowest BCUT2D eigenvalue weighted by atomic mass is 9.96. The van der Waals surface area contributed by atoms with Gasteiger partial charge in [-0.3, -0.25) is 9.59 Å². The van der Waals surface area contributed by atoms with E-state index in [9.17, 15) is 9.59 Å². The smallest absolute Gasteiger partial charge is 0.317 e. The maximum atomic E-state index is 11.4. The summed E-state index contributed by atoms with van der Waals surface area (Å²) in [5.74, 6) is -0.594. The van der Waals surface area contributed by atoms with E-state index < -0.39 is 11.9 Å². The molecule has 0 saturated carbocycles. The number of esters is 2. The Morgan fingerprint density at radius 1 is 0.900 bits per heavy atom. The number of carbonyl (C=O) groups excluding carboxylic acids is 2. The van der Waals surface area contributed by atoms with Crippen LogP contribution in [0, 0.1) is 5.92 Å². The van der Waals surface area contributed by atoms with Crippen LogP contribution < -0.4 is 0 Å². The predicted octanol–water partition coefficient (Wildman–Crippen LogP) is 3.87. The lowest BCUT2D eigenvalue weighted by molar-refractivity contribution is -0.153. The zero-order valence-corrected chi connectivity index (χ0v) is 13.3. The summed E-state index contributed by atoms with van der Waals surface area (Å²) in [7, 11) is 1.27. The third-order valence-corrected chi connectivity index (χ3v) is 3.43. The van der Waals surface area contributed by atoms with Gasteiger partial charge in [0.2, 0.25) is 0 Å². The second kappa shape index (κ2) is 12.9. The van der Waals surface area contributed by atoms with E-state index in [1.807, 2.05) is 0 Å². The van der Waals surface area contributed by atoms with Gasteiger partial charge in [-0.2, -0.15) is 0 Å². The molecule has 20 heavy (non-hydrogen) atoms. The Bertz CT molecular complexity index is 263. The molecule has 0 fully saturated rings. The van der Waals surface area contributed by atoms with Gasteiger partial charge in [0.25, 0.3) is 0 Å². The zero-order valence-electron chi connectivity index (χ0n) is 13.3. The highest BCUT2D eigenvalue weighted by Crippen LogP contribution is 2.18. The molecule has 0 bridgehead atoms. The Labute approximate surface area is 123 Å². The molecule has 4 heteroatoms. The van der Waals surface area contributed by atoms with E-state index in [2.05, 4.69) is 18.6 Å². The van der Waals surface area contributed by atoms with Crippen molar-refractivity contribution in [1.29, 1.82) is 0 Å². The molecule has 0 spiro atoms. The van der Waals surface area contributed by atoms with Crippen LogP contribution >= 0.6 is 0 Å². The molecule has 0 heterocycles. The first kappa shape index (κ1) is 18.9. The molecule has 0 aromatic heterocycles. The summed E-state index contributed by atoms with van der Waals surface area (Å²) >= 11 is 0. The van der Waals surface area contributed by atoms with E-state index in [-0.39, 0.29) is 6.42 Å². The second-order valence-electron chi connectivity index (χ2n) is 5.29. The number of unbranched alkanes of at least 4 members (excludes halogenated alkanes) is 4. The molecule has 0 rings (SSSR count). The van der Waals surface area contributed by atoms with Gasteiger partial charge in [-0.15, -0.1) is 0 Å². The van der Waals surface area contributed by atoms with Crippen LogP contribution in [0.5, 0.6) is 0 Å². The fraction of sp³-hybridized carbons (Fsp3) is 0.875. The largest absolute Gasteiger partial charge is 0.469 e. The van der Waals surface area contributed by atoms with Crippen LogP contribution in [0.3, 0.4) is 0 Å². The summed E-state index contributed by atoms with van der Waals surface area (Å²) in [6, 6.07) is 0. The molecule has 1 unspecified atom stereocenters. The molecule has 0 radical (unpaired) electrons. The first-order valence-corrected chi connectivity index (χ1v) is 7.86. The minimum absolute atomic E-state index is 0.285. The quantitative estimate of drug-likeness (QED) is 0.310. The van der Waals surface area contributed by atoms with Crippen molar-refractivity contribution in [2.75, 3.05) is 13.7 Å². The third-order valence-electron chi connectivity index (χ3n) is 3.43. The number of hydrogen-bond donors (Lipinski definition) is 0. The summed E-state index contributed by atoms with van der Waals surface area (Å²) in [5, 5.41) is 0. The van der Waals surface area contributed by atoms with Gasteiger partial charge in [-0.25, -0.2) is 0 Å². The van der Waals surface area contributed by atoms with Gasteiger partial charge in [-0.1, -0.05) is 52.4 Å². The molecule has 4 nitrogen and oxygen atoms in total. The Kier molecular flexibility index (Phi) is 12.3. The lowest BCUT2D eigenvalue weighted by Gasteiger charge is -2.16. The van der Waals surface area contributed by atoms with Crippen molar-refractivity contribution in [3.63, 3.8) is 0 Å². The van der Waals surface area contributed by atoms with Gasteiger partial charge >= 0.3 is 11.9 Å². The van der Waals surface area contributed by atoms with E-state index in [0.717, 1.165) is 25.7 Å². The first-order chi connectivity index (χ1) is 9.63. The average Bonchev–Trinajstić information content (AvgIpc) is 2.45. The first-order valence-electron chi connectivity index (χ1n) is 7.86. The Hall–Kier alpha value is -1.06. The summed E-state index contributed by atoms with van der Waals surface area (Å²) in [6.45, 7) is 4.79. The topological polar surface area (TPSA) is 52.6 Å². The summed E-state index contributed by atoms with van der Waals surface area (Å²) in [4.78, 5) is 22.4. The number of rotatable bonds is 12. The molecule has 0 aliphatic carbocycles. The van der Waals surface area contributed by atoms with E-state index >= 15 is 0 Å². The summed E-state index contributed by atoms with van der Waals surface area (Å²) in [6.07, 6.45) is 9.16.